The van der Waals surface area contributed by atoms with Crippen LogP contribution in [0.2, 0.25) is 0 Å². The molecule has 2 aromatic rings. The van der Waals surface area contributed by atoms with Crippen LogP contribution >= 0.6 is 0 Å². The lowest BCUT2D eigenvalue weighted by Crippen LogP contribution is -2.38. The molecular weight excluding hydrogens is 438 g/mol. The van der Waals surface area contributed by atoms with E-state index in [1.165, 1.54) is 0 Å². The Kier molecular flexibility index (Phi) is 10.7. The van der Waals surface area contributed by atoms with Crippen LogP contribution < -0.4 is 10.1 Å². The number of amides is 1. The van der Waals surface area contributed by atoms with Gasteiger partial charge >= 0.3 is 0 Å². The molecule has 1 aromatic carbocycles. The number of carbonyl (C=O) groups excluding carboxylic acids is 1. The average molecular weight is 476 g/mol. The maximum Gasteiger partial charge on any atom is 0.273 e. The fourth-order valence-electron chi connectivity index (χ4n) is 3.80. The van der Waals surface area contributed by atoms with E-state index in [1.807, 2.05) is 38.1 Å². The second-order valence-electron chi connectivity index (χ2n) is 8.17. The normalized spacial score (nSPS) is 14.6. The van der Waals surface area contributed by atoms with E-state index in [1.54, 1.807) is 10.9 Å². The minimum absolute atomic E-state index is 0.246. The van der Waals surface area contributed by atoms with Gasteiger partial charge in [0.15, 0.2) is 12.0 Å². The zero-order chi connectivity index (χ0) is 24.2. The molecule has 10 heteroatoms. The van der Waals surface area contributed by atoms with Crippen LogP contribution in [0.4, 0.5) is 0 Å². The van der Waals surface area contributed by atoms with E-state index in [0.29, 0.717) is 39.0 Å². The summed E-state index contributed by atoms with van der Waals surface area (Å²) in [7, 11) is 2.13. The number of aromatic nitrogens is 3. The highest BCUT2D eigenvalue weighted by atomic mass is 16.7. The third-order valence-corrected chi connectivity index (χ3v) is 5.69. The Morgan fingerprint density at radius 1 is 1.26 bits per heavy atom. The van der Waals surface area contributed by atoms with Crippen LogP contribution in [0.15, 0.2) is 30.5 Å². The Hall–Kier alpha value is -2.53. The van der Waals surface area contributed by atoms with Crippen LogP contribution in [0.1, 0.15) is 42.7 Å². The molecule has 0 spiro atoms. The maximum absolute atomic E-state index is 12.5. The van der Waals surface area contributed by atoms with Crippen molar-refractivity contribution in [1.82, 2.24) is 25.2 Å². The molecule has 0 radical (unpaired) electrons. The monoisotopic (exact) mass is 475 g/mol. The Morgan fingerprint density at radius 3 is 2.76 bits per heavy atom. The summed E-state index contributed by atoms with van der Waals surface area (Å²) < 4.78 is 24.0. The summed E-state index contributed by atoms with van der Waals surface area (Å²) in [4.78, 5) is 14.9. The molecule has 3 rings (SSSR count). The molecule has 10 nitrogen and oxygen atoms in total. The number of hydrogen-bond acceptors (Lipinski definition) is 8. The number of likely N-dealkylation sites (N-methyl/N-ethyl adjacent to an activating group) is 1. The van der Waals surface area contributed by atoms with Gasteiger partial charge in [-0.3, -0.25) is 9.69 Å². The summed E-state index contributed by atoms with van der Waals surface area (Å²) in [6.07, 6.45) is 3.30. The van der Waals surface area contributed by atoms with E-state index in [4.69, 9.17) is 18.9 Å². The fourth-order valence-corrected chi connectivity index (χ4v) is 3.80. The first-order valence-corrected chi connectivity index (χ1v) is 12.0. The number of benzene rings is 1. The number of nitrogens with zero attached hydrogens (tertiary/aromatic N) is 4. The van der Waals surface area contributed by atoms with E-state index < -0.39 is 6.29 Å². The number of rotatable bonds is 14. The Balaban J connectivity index is 1.43. The smallest absolute Gasteiger partial charge is 0.273 e. The molecule has 1 saturated heterocycles. The molecule has 1 amide bonds. The highest BCUT2D eigenvalue weighted by Crippen LogP contribution is 2.15. The van der Waals surface area contributed by atoms with E-state index >= 15 is 0 Å². The molecule has 2 heterocycles. The predicted molar refractivity (Wildman–Crippen MR) is 127 cm³/mol. The van der Waals surface area contributed by atoms with Crippen molar-refractivity contribution in [2.45, 2.75) is 52.1 Å². The zero-order valence-electron chi connectivity index (χ0n) is 20.4. The molecular formula is C24H37N5O5. The first kappa shape index (κ1) is 26.1. The topological polar surface area (TPSA) is 100.0 Å². The van der Waals surface area contributed by atoms with Gasteiger partial charge in [-0.25, -0.2) is 4.68 Å². The molecule has 1 N–H and O–H groups in total. The van der Waals surface area contributed by atoms with E-state index in [-0.39, 0.29) is 11.6 Å². The van der Waals surface area contributed by atoms with Crippen molar-refractivity contribution in [1.29, 1.82) is 0 Å². The second-order valence-corrected chi connectivity index (χ2v) is 8.17. The molecule has 0 atom stereocenters. The van der Waals surface area contributed by atoms with Crippen molar-refractivity contribution in [3.63, 3.8) is 0 Å². The number of nitrogens with one attached hydrogen (secondary N) is 1. The molecule has 0 unspecified atom stereocenters. The third-order valence-electron chi connectivity index (χ3n) is 5.69. The zero-order valence-corrected chi connectivity index (χ0v) is 20.4. The summed E-state index contributed by atoms with van der Waals surface area (Å²) in [6.45, 7) is 8.73. The van der Waals surface area contributed by atoms with Gasteiger partial charge in [-0.1, -0.05) is 17.3 Å². The summed E-state index contributed by atoms with van der Waals surface area (Å²) >= 11 is 0. The summed E-state index contributed by atoms with van der Waals surface area (Å²) in [5, 5.41) is 10.9. The van der Waals surface area contributed by atoms with Gasteiger partial charge < -0.3 is 24.3 Å². The van der Waals surface area contributed by atoms with Gasteiger partial charge in [-0.15, -0.1) is 5.10 Å². The lowest BCUT2D eigenvalue weighted by Gasteiger charge is -2.31. The molecule has 1 aromatic heterocycles. The van der Waals surface area contributed by atoms with E-state index in [9.17, 15) is 4.79 Å². The van der Waals surface area contributed by atoms with Crippen molar-refractivity contribution in [2.75, 3.05) is 46.6 Å². The highest BCUT2D eigenvalue weighted by Gasteiger charge is 2.18. The second kappa shape index (κ2) is 14.0. The molecule has 1 fully saturated rings. The van der Waals surface area contributed by atoms with Crippen molar-refractivity contribution >= 4 is 5.91 Å². The van der Waals surface area contributed by atoms with Gasteiger partial charge in [0.25, 0.3) is 5.91 Å². The van der Waals surface area contributed by atoms with Gasteiger partial charge in [0, 0.05) is 45.6 Å². The van der Waals surface area contributed by atoms with Gasteiger partial charge in [0.2, 0.25) is 0 Å². The minimum Gasteiger partial charge on any atom is -0.492 e. The lowest BCUT2D eigenvalue weighted by molar-refractivity contribution is -0.145. The third kappa shape index (κ3) is 8.35. The van der Waals surface area contributed by atoms with Crippen molar-refractivity contribution in [3.8, 4) is 5.75 Å². The fraction of sp³-hybridized carbons (Fsp3) is 0.625. The van der Waals surface area contributed by atoms with Gasteiger partial charge in [0.1, 0.15) is 12.4 Å². The molecule has 1 aliphatic rings. The van der Waals surface area contributed by atoms with Crippen LogP contribution in [0.25, 0.3) is 0 Å². The Morgan fingerprint density at radius 2 is 2.03 bits per heavy atom. The summed E-state index contributed by atoms with van der Waals surface area (Å²) in [5.41, 5.74) is 1.19. The van der Waals surface area contributed by atoms with Crippen molar-refractivity contribution in [3.05, 3.63) is 41.7 Å². The molecule has 188 valence electrons. The van der Waals surface area contributed by atoms with Crippen LogP contribution in [0, 0.1) is 0 Å². The minimum atomic E-state index is -0.424. The maximum atomic E-state index is 12.5. The molecule has 1 aliphatic heterocycles. The van der Waals surface area contributed by atoms with Crippen molar-refractivity contribution < 1.29 is 23.7 Å². The Bertz CT molecular complexity index is 865. The van der Waals surface area contributed by atoms with Crippen LogP contribution in [0.5, 0.6) is 5.75 Å². The first-order valence-electron chi connectivity index (χ1n) is 12.0. The standard InChI is InChI=1S/C24H37N5O5/c1-4-32-23(33-5-2)18-29-17-22(26-27-29)24(30)25-16-19-7-6-8-21(15-19)34-14-11-28(3)20-9-12-31-13-10-20/h6-8,15,17,20,23H,4-5,9-14,16,18H2,1-3H3,(H,25,30). The number of ether oxygens (including phenoxy) is 4. The molecule has 0 aliphatic carbocycles. The largest absolute Gasteiger partial charge is 0.492 e. The van der Waals surface area contributed by atoms with E-state index in [2.05, 4.69) is 27.6 Å². The molecule has 34 heavy (non-hydrogen) atoms. The number of hydrogen-bond donors (Lipinski definition) is 1. The SMILES string of the molecule is CCOC(Cn1cc(C(=O)NCc2cccc(OCCN(C)C3CCOCC3)c2)nn1)OCC. The van der Waals surface area contributed by atoms with Crippen LogP contribution in [0.3, 0.4) is 0 Å². The van der Waals surface area contributed by atoms with Crippen LogP contribution in [-0.4, -0.2) is 84.8 Å². The van der Waals surface area contributed by atoms with Crippen LogP contribution in [-0.2, 0) is 27.3 Å². The lowest BCUT2D eigenvalue weighted by atomic mass is 10.1. The van der Waals surface area contributed by atoms with Crippen molar-refractivity contribution in [2.24, 2.45) is 0 Å². The summed E-state index contributed by atoms with van der Waals surface area (Å²) in [5.74, 6) is 0.496. The highest BCUT2D eigenvalue weighted by molar-refractivity contribution is 5.91. The quantitative estimate of drug-likeness (QED) is 0.415. The Labute approximate surface area is 201 Å². The summed E-state index contributed by atoms with van der Waals surface area (Å²) in [6, 6.07) is 8.31. The van der Waals surface area contributed by atoms with Gasteiger partial charge in [-0.2, -0.15) is 0 Å². The van der Waals surface area contributed by atoms with Gasteiger partial charge in [0.05, 0.1) is 12.7 Å². The van der Waals surface area contributed by atoms with E-state index in [0.717, 1.165) is 43.9 Å². The van der Waals surface area contributed by atoms with Gasteiger partial charge in [-0.05, 0) is 51.4 Å². The predicted octanol–water partition coefficient (Wildman–Crippen LogP) is 2.10. The first-order chi connectivity index (χ1) is 16.6. The average Bonchev–Trinajstić information content (AvgIpc) is 3.32. The molecule has 0 saturated carbocycles. The number of carbonyl (C=O) groups is 1. The molecule has 0 bridgehead atoms.